The molecule has 2 heterocycles. The monoisotopic (exact) mass is 495 g/mol. The predicted octanol–water partition coefficient (Wildman–Crippen LogP) is 9.29. The quantitative estimate of drug-likeness (QED) is 0.177. The van der Waals surface area contributed by atoms with Crippen LogP contribution in [0.5, 0.6) is 0 Å². The second-order valence-electron chi connectivity index (χ2n) is 10.2. The van der Waals surface area contributed by atoms with Gasteiger partial charge in [-0.3, -0.25) is 4.57 Å². The average molecular weight is 496 g/mol. The minimum Gasteiger partial charge on any atom is -0.277 e. The van der Waals surface area contributed by atoms with Gasteiger partial charge in [0.25, 0.3) is 0 Å². The van der Waals surface area contributed by atoms with E-state index < -0.39 is 0 Å². The number of nitrogens with zero attached hydrogens (tertiary/aromatic N) is 3. The van der Waals surface area contributed by atoms with Crippen LogP contribution in [0.25, 0.3) is 82.2 Å². The summed E-state index contributed by atoms with van der Waals surface area (Å²) in [6.07, 6.45) is 0. The van der Waals surface area contributed by atoms with E-state index >= 15 is 0 Å². The predicted molar refractivity (Wildman–Crippen MR) is 163 cm³/mol. The topological polar surface area (TPSA) is 30.7 Å². The Morgan fingerprint density at radius 1 is 0.462 bits per heavy atom. The second-order valence-corrected chi connectivity index (χ2v) is 10.2. The van der Waals surface area contributed by atoms with Crippen LogP contribution in [0.15, 0.2) is 127 Å². The SMILES string of the molecule is c1ccc(-c2nc(-n3c4cccc5c6ccccc6c6cc7ccccc7c3c6c54)nc3ccccc23)cc1. The maximum Gasteiger partial charge on any atom is 0.235 e. The number of benzene rings is 7. The van der Waals surface area contributed by atoms with Gasteiger partial charge in [-0.2, -0.15) is 0 Å². The van der Waals surface area contributed by atoms with Gasteiger partial charge in [-0.15, -0.1) is 0 Å². The molecule has 0 spiro atoms. The molecule has 0 saturated carbocycles. The first-order chi connectivity index (χ1) is 19.4. The van der Waals surface area contributed by atoms with Crippen LogP contribution in [-0.4, -0.2) is 14.5 Å². The Balaban J connectivity index is 1.55. The lowest BCUT2D eigenvalue weighted by atomic mass is 9.92. The van der Waals surface area contributed by atoms with Crippen molar-refractivity contribution in [3.05, 3.63) is 127 Å². The number of fused-ring (bicyclic) bond motifs is 6. The van der Waals surface area contributed by atoms with Gasteiger partial charge in [0.2, 0.25) is 5.95 Å². The normalized spacial score (nSPS) is 12.1. The highest BCUT2D eigenvalue weighted by atomic mass is 15.2. The van der Waals surface area contributed by atoms with Crippen LogP contribution in [-0.2, 0) is 0 Å². The van der Waals surface area contributed by atoms with Crippen molar-refractivity contribution in [3.63, 3.8) is 0 Å². The summed E-state index contributed by atoms with van der Waals surface area (Å²) < 4.78 is 2.30. The summed E-state index contributed by atoms with van der Waals surface area (Å²) in [7, 11) is 0. The Morgan fingerprint density at radius 3 is 1.97 bits per heavy atom. The molecule has 180 valence electrons. The first-order valence-corrected chi connectivity index (χ1v) is 13.3. The van der Waals surface area contributed by atoms with Gasteiger partial charge >= 0.3 is 0 Å². The number of hydrogen-bond donors (Lipinski definition) is 0. The zero-order valence-electron chi connectivity index (χ0n) is 21.0. The molecule has 0 atom stereocenters. The van der Waals surface area contributed by atoms with E-state index in [1.54, 1.807) is 0 Å². The molecule has 9 aromatic rings. The molecule has 0 fully saturated rings. The molecule has 9 rings (SSSR count). The van der Waals surface area contributed by atoms with Crippen LogP contribution >= 0.6 is 0 Å². The van der Waals surface area contributed by atoms with Gasteiger partial charge in [-0.1, -0.05) is 109 Å². The minimum absolute atomic E-state index is 0.693. The molecule has 7 aromatic carbocycles. The third-order valence-corrected chi connectivity index (χ3v) is 8.12. The van der Waals surface area contributed by atoms with Crippen molar-refractivity contribution in [2.75, 3.05) is 0 Å². The summed E-state index contributed by atoms with van der Waals surface area (Å²) in [4.78, 5) is 10.5. The lowest BCUT2D eigenvalue weighted by Crippen LogP contribution is -2.03. The molecule has 0 bridgehead atoms. The van der Waals surface area contributed by atoms with Gasteiger partial charge < -0.3 is 0 Å². The lowest BCUT2D eigenvalue weighted by molar-refractivity contribution is 1.02. The maximum absolute atomic E-state index is 5.30. The van der Waals surface area contributed by atoms with Crippen molar-refractivity contribution < 1.29 is 0 Å². The van der Waals surface area contributed by atoms with E-state index in [0.29, 0.717) is 5.95 Å². The lowest BCUT2D eigenvalue weighted by Gasteiger charge is -2.13. The highest BCUT2D eigenvalue weighted by Crippen LogP contribution is 2.46. The van der Waals surface area contributed by atoms with Crippen molar-refractivity contribution in [2.45, 2.75) is 0 Å². The Hall–Kier alpha value is -5.28. The van der Waals surface area contributed by atoms with Gasteiger partial charge in [0.05, 0.1) is 22.2 Å². The molecule has 0 N–H and O–H groups in total. The first-order valence-electron chi connectivity index (χ1n) is 13.3. The summed E-state index contributed by atoms with van der Waals surface area (Å²) in [5, 5.41) is 11.1. The molecule has 2 aromatic heterocycles. The number of para-hydroxylation sites is 1. The van der Waals surface area contributed by atoms with Gasteiger partial charge in [-0.25, -0.2) is 9.97 Å². The third-order valence-electron chi connectivity index (χ3n) is 8.12. The van der Waals surface area contributed by atoms with Crippen molar-refractivity contribution in [2.24, 2.45) is 0 Å². The fourth-order valence-electron chi connectivity index (χ4n) is 6.50. The zero-order chi connectivity index (χ0) is 25.5. The van der Waals surface area contributed by atoms with Crippen LogP contribution in [0, 0.1) is 0 Å². The third kappa shape index (κ3) is 2.76. The molecule has 39 heavy (non-hydrogen) atoms. The molecule has 0 aliphatic carbocycles. The fraction of sp³-hybridized carbons (Fsp3) is 0. The van der Waals surface area contributed by atoms with Gasteiger partial charge in [0.15, 0.2) is 0 Å². The molecule has 0 aliphatic heterocycles. The van der Waals surface area contributed by atoms with E-state index in [4.69, 9.17) is 9.97 Å². The van der Waals surface area contributed by atoms with E-state index in [0.717, 1.165) is 33.2 Å². The molecule has 0 radical (unpaired) electrons. The van der Waals surface area contributed by atoms with Crippen LogP contribution < -0.4 is 0 Å². The Kier molecular flexibility index (Phi) is 4.05. The maximum atomic E-state index is 5.30. The summed E-state index contributed by atoms with van der Waals surface area (Å²) in [6, 6.07) is 45.2. The van der Waals surface area contributed by atoms with Crippen LogP contribution in [0.1, 0.15) is 0 Å². The zero-order valence-corrected chi connectivity index (χ0v) is 21.0. The molecule has 0 amide bonds. The smallest absolute Gasteiger partial charge is 0.235 e. The van der Waals surface area contributed by atoms with E-state index in [2.05, 4.69) is 126 Å². The molecule has 3 nitrogen and oxygen atoms in total. The number of rotatable bonds is 2. The van der Waals surface area contributed by atoms with E-state index in [1.165, 1.54) is 43.1 Å². The summed E-state index contributed by atoms with van der Waals surface area (Å²) in [6.45, 7) is 0. The van der Waals surface area contributed by atoms with E-state index in [9.17, 15) is 0 Å². The number of aromatic nitrogens is 3. The van der Waals surface area contributed by atoms with Crippen molar-refractivity contribution in [1.82, 2.24) is 14.5 Å². The van der Waals surface area contributed by atoms with E-state index in [1.807, 2.05) is 6.07 Å². The molecule has 3 heteroatoms. The number of hydrogen-bond acceptors (Lipinski definition) is 2. The molecule has 0 aliphatic rings. The summed E-state index contributed by atoms with van der Waals surface area (Å²) in [5.74, 6) is 0.693. The van der Waals surface area contributed by atoms with E-state index in [-0.39, 0.29) is 0 Å². The van der Waals surface area contributed by atoms with Gasteiger partial charge in [0, 0.05) is 27.1 Å². The molecular weight excluding hydrogens is 474 g/mol. The Morgan fingerprint density at radius 2 is 1.13 bits per heavy atom. The largest absolute Gasteiger partial charge is 0.277 e. The van der Waals surface area contributed by atoms with Crippen LogP contribution in [0.4, 0.5) is 0 Å². The van der Waals surface area contributed by atoms with Crippen LogP contribution in [0.3, 0.4) is 0 Å². The van der Waals surface area contributed by atoms with Crippen molar-refractivity contribution in [3.8, 4) is 17.2 Å². The molecular formula is C36H21N3. The van der Waals surface area contributed by atoms with Crippen molar-refractivity contribution >= 4 is 65.0 Å². The average Bonchev–Trinajstić information content (AvgIpc) is 3.36. The standard InChI is InChI=1S/C36H21N3/c1-2-11-22(12-3-1)34-28-17-8-9-19-30(28)37-36(38-34)39-31-20-10-18-27-25-15-6-7-16-26(25)29-21-23-13-4-5-14-24(23)35(39)33(29)32(27)31/h1-21H. The summed E-state index contributed by atoms with van der Waals surface area (Å²) >= 11 is 0. The minimum atomic E-state index is 0.693. The highest BCUT2D eigenvalue weighted by molar-refractivity contribution is 6.37. The van der Waals surface area contributed by atoms with Gasteiger partial charge in [-0.05, 0) is 45.1 Å². The molecule has 0 saturated heterocycles. The van der Waals surface area contributed by atoms with Crippen LogP contribution in [0.2, 0.25) is 0 Å². The fourth-order valence-corrected chi connectivity index (χ4v) is 6.50. The first kappa shape index (κ1) is 20.7. The second kappa shape index (κ2) is 7.62. The van der Waals surface area contributed by atoms with Gasteiger partial charge in [0.1, 0.15) is 0 Å². The summed E-state index contributed by atoms with van der Waals surface area (Å²) in [5.41, 5.74) is 5.26. The Labute approximate surface area is 223 Å². The van der Waals surface area contributed by atoms with Crippen molar-refractivity contribution in [1.29, 1.82) is 0 Å². The molecule has 0 unspecified atom stereocenters. The highest BCUT2D eigenvalue weighted by Gasteiger charge is 2.23. The Bertz CT molecular complexity index is 2380.